The summed E-state index contributed by atoms with van der Waals surface area (Å²) in [7, 11) is 0. The molecule has 21 heteroatoms. The number of esters is 7. The van der Waals surface area contributed by atoms with E-state index in [0.29, 0.717) is 0 Å². The zero-order chi connectivity index (χ0) is 41.6. The van der Waals surface area contributed by atoms with Crippen molar-refractivity contribution in [3.05, 3.63) is 0 Å². The van der Waals surface area contributed by atoms with E-state index in [-0.39, 0.29) is 19.6 Å². The Morgan fingerprint density at radius 2 is 0.927 bits per heavy atom. The van der Waals surface area contributed by atoms with Gasteiger partial charge in [0.15, 0.2) is 43.1 Å². The maximum absolute atomic E-state index is 12.6. The first-order valence-electron chi connectivity index (χ1n) is 17.3. The van der Waals surface area contributed by atoms with Gasteiger partial charge in [0, 0.05) is 55.0 Å². The van der Waals surface area contributed by atoms with E-state index < -0.39 is 128 Å². The third-order valence-electron chi connectivity index (χ3n) is 7.16. The van der Waals surface area contributed by atoms with Gasteiger partial charge in [-0.15, -0.1) is 0 Å². The molecule has 0 aliphatic carbocycles. The molecule has 2 aliphatic heterocycles. The van der Waals surface area contributed by atoms with Crippen molar-refractivity contribution in [3.63, 3.8) is 0 Å². The molecule has 0 unspecified atom stereocenters. The third kappa shape index (κ3) is 16.3. The minimum absolute atomic E-state index is 0.0960. The van der Waals surface area contributed by atoms with Crippen molar-refractivity contribution in [1.29, 1.82) is 0 Å². The van der Waals surface area contributed by atoms with Gasteiger partial charge in [0.1, 0.15) is 37.1 Å². The van der Waals surface area contributed by atoms with Gasteiger partial charge in [-0.25, -0.2) is 4.79 Å². The van der Waals surface area contributed by atoms with Gasteiger partial charge < -0.3 is 62.2 Å². The second-order valence-electron chi connectivity index (χ2n) is 13.3. The molecule has 21 nitrogen and oxygen atoms in total. The molecular formula is C34H51NO20. The first kappa shape index (κ1) is 46.6. The van der Waals surface area contributed by atoms with Crippen LogP contribution in [0.5, 0.6) is 0 Å². The summed E-state index contributed by atoms with van der Waals surface area (Å²) in [6, 6.07) is 0. The summed E-state index contributed by atoms with van der Waals surface area (Å²) in [4.78, 5) is 97.7. The van der Waals surface area contributed by atoms with Crippen LogP contribution in [-0.2, 0) is 90.4 Å². The molecule has 0 aromatic carbocycles. The topological polar surface area (TPSA) is 259 Å². The van der Waals surface area contributed by atoms with Gasteiger partial charge in [-0.3, -0.25) is 33.6 Å². The van der Waals surface area contributed by atoms with E-state index in [9.17, 15) is 38.4 Å². The molecule has 0 aromatic rings. The highest BCUT2D eigenvalue weighted by molar-refractivity contribution is 5.69. The quantitative estimate of drug-likeness (QED) is 0.127. The molecule has 2 heterocycles. The number of rotatable bonds is 16. The molecule has 10 atom stereocenters. The van der Waals surface area contributed by atoms with Crippen molar-refractivity contribution >= 4 is 47.9 Å². The Hall–Kier alpha value is -4.60. The highest BCUT2D eigenvalue weighted by Gasteiger charge is 2.57. The van der Waals surface area contributed by atoms with Gasteiger partial charge in [-0.2, -0.15) is 0 Å². The summed E-state index contributed by atoms with van der Waals surface area (Å²) >= 11 is 0. The summed E-state index contributed by atoms with van der Waals surface area (Å²) in [5.41, 5.74) is -0.732. The molecule has 0 aromatic heterocycles. The Kier molecular flexibility index (Phi) is 18.2. The molecule has 0 bridgehead atoms. The van der Waals surface area contributed by atoms with Crippen LogP contribution in [0.3, 0.4) is 0 Å². The number of ether oxygens (including phenoxy) is 12. The molecule has 0 saturated carbocycles. The molecule has 1 N–H and O–H groups in total. The van der Waals surface area contributed by atoms with Crippen LogP contribution in [0.15, 0.2) is 0 Å². The van der Waals surface area contributed by atoms with Crippen LogP contribution in [0.1, 0.15) is 75.7 Å². The largest absolute Gasteiger partial charge is 0.463 e. The SMILES string of the molecule is CC(=O)OC[C@H]1O[C@H](O[C@@H]2[C@H](OC(C)=O)[C@@H](OC(C)=O)[C@H](OCCCNC(=O)OC(C)(C)C)O[C@@H]2COC(C)=O)[C@H](OC(C)=O)[C@@H](OC(C)=O)[C@H]1OC(C)=O. The molecule has 2 aliphatic rings. The molecule has 1 amide bonds. The smallest absolute Gasteiger partial charge is 0.407 e. The Morgan fingerprint density at radius 3 is 1.38 bits per heavy atom. The lowest BCUT2D eigenvalue weighted by atomic mass is 9.96. The molecule has 2 saturated heterocycles. The zero-order valence-electron chi connectivity index (χ0n) is 32.5. The fourth-order valence-electron chi connectivity index (χ4n) is 5.38. The van der Waals surface area contributed by atoms with E-state index in [1.807, 2.05) is 0 Å². The highest BCUT2D eigenvalue weighted by atomic mass is 16.8. The fraction of sp³-hybridized carbons (Fsp3) is 0.765. The van der Waals surface area contributed by atoms with Crippen molar-refractivity contribution in [2.75, 3.05) is 26.4 Å². The number of carbonyl (C=O) groups is 8. The Balaban J connectivity index is 2.59. The predicted molar refractivity (Wildman–Crippen MR) is 178 cm³/mol. The van der Waals surface area contributed by atoms with Crippen LogP contribution >= 0.6 is 0 Å². The number of alkyl carbamates (subject to hydrolysis) is 1. The fourth-order valence-corrected chi connectivity index (χ4v) is 5.38. The maximum atomic E-state index is 12.6. The lowest BCUT2D eigenvalue weighted by Crippen LogP contribution is -2.67. The molecule has 312 valence electrons. The lowest BCUT2D eigenvalue weighted by molar-refractivity contribution is -0.361. The Morgan fingerprint density at radius 1 is 0.527 bits per heavy atom. The molecule has 2 rings (SSSR count). The van der Waals surface area contributed by atoms with Gasteiger partial charge in [0.05, 0.1) is 6.61 Å². The van der Waals surface area contributed by atoms with E-state index in [4.69, 9.17) is 56.8 Å². The van der Waals surface area contributed by atoms with Crippen molar-refractivity contribution in [3.8, 4) is 0 Å². The van der Waals surface area contributed by atoms with Crippen LogP contribution in [0.2, 0.25) is 0 Å². The second-order valence-corrected chi connectivity index (χ2v) is 13.3. The lowest BCUT2D eigenvalue weighted by Gasteiger charge is -2.48. The average molecular weight is 794 g/mol. The van der Waals surface area contributed by atoms with Crippen LogP contribution in [0.25, 0.3) is 0 Å². The third-order valence-corrected chi connectivity index (χ3v) is 7.16. The summed E-state index contributed by atoms with van der Waals surface area (Å²) in [5, 5.41) is 2.56. The van der Waals surface area contributed by atoms with Gasteiger partial charge in [-0.05, 0) is 27.2 Å². The van der Waals surface area contributed by atoms with E-state index in [1.54, 1.807) is 20.8 Å². The van der Waals surface area contributed by atoms with Crippen molar-refractivity contribution in [1.82, 2.24) is 5.32 Å². The molecular weight excluding hydrogens is 742 g/mol. The summed E-state index contributed by atoms with van der Waals surface area (Å²) < 4.78 is 67.4. The maximum Gasteiger partial charge on any atom is 0.407 e. The highest BCUT2D eigenvalue weighted by Crippen LogP contribution is 2.35. The van der Waals surface area contributed by atoms with E-state index in [1.165, 1.54) is 0 Å². The number of nitrogens with one attached hydrogen (secondary N) is 1. The first-order valence-corrected chi connectivity index (χ1v) is 17.3. The van der Waals surface area contributed by atoms with E-state index in [2.05, 4.69) is 5.32 Å². The van der Waals surface area contributed by atoms with Crippen LogP contribution in [0, 0.1) is 0 Å². The zero-order valence-corrected chi connectivity index (χ0v) is 32.5. The van der Waals surface area contributed by atoms with Gasteiger partial charge in [-0.1, -0.05) is 0 Å². The minimum atomic E-state index is -1.82. The number of amides is 1. The minimum Gasteiger partial charge on any atom is -0.463 e. The average Bonchev–Trinajstić information content (AvgIpc) is 3.02. The Bertz CT molecular complexity index is 1380. The summed E-state index contributed by atoms with van der Waals surface area (Å²) in [6.45, 7) is 11.3. The number of carbonyl (C=O) groups excluding carboxylic acids is 8. The molecule has 2 fully saturated rings. The summed E-state index contributed by atoms with van der Waals surface area (Å²) in [6.07, 6.45) is -16.3. The predicted octanol–water partition coefficient (Wildman–Crippen LogP) is 0.538. The van der Waals surface area contributed by atoms with Crippen LogP contribution < -0.4 is 5.32 Å². The van der Waals surface area contributed by atoms with E-state index >= 15 is 0 Å². The molecule has 55 heavy (non-hydrogen) atoms. The van der Waals surface area contributed by atoms with Gasteiger partial charge >= 0.3 is 47.9 Å². The van der Waals surface area contributed by atoms with Crippen molar-refractivity contribution in [2.45, 2.75) is 143 Å². The first-order chi connectivity index (χ1) is 25.6. The monoisotopic (exact) mass is 793 g/mol. The van der Waals surface area contributed by atoms with Crippen molar-refractivity contribution in [2.24, 2.45) is 0 Å². The Labute approximate surface area is 317 Å². The van der Waals surface area contributed by atoms with Crippen LogP contribution in [-0.4, -0.2) is 141 Å². The normalized spacial score (nSPS) is 27.7. The van der Waals surface area contributed by atoms with Crippen LogP contribution in [0.4, 0.5) is 4.79 Å². The molecule has 0 radical (unpaired) electrons. The van der Waals surface area contributed by atoms with Gasteiger partial charge in [0.2, 0.25) is 0 Å². The standard InChI is InChI=1S/C34H51NO20/c1-16(36)45-14-23-25(47-18(3)38)27(48-19(4)39)30(51-22(7)42)32(53-23)54-26-24(15-46-17(2)37)52-31(29(50-21(6)41)28(26)49-20(5)40)44-13-11-12-35-33(43)55-34(8,9)10/h23-32H,11-15H2,1-10H3,(H,35,43)/t23-,24-,25+,26+,27+,28+,29-,30-,31-,32-/m1/s1. The van der Waals surface area contributed by atoms with E-state index in [0.717, 1.165) is 48.5 Å². The van der Waals surface area contributed by atoms with Crippen molar-refractivity contribution < 1.29 is 95.2 Å². The second kappa shape index (κ2) is 21.5. The number of hydrogen-bond acceptors (Lipinski definition) is 20. The molecule has 0 spiro atoms. The van der Waals surface area contributed by atoms with Gasteiger partial charge in [0.25, 0.3) is 0 Å². The number of hydrogen-bond donors (Lipinski definition) is 1. The summed E-state index contributed by atoms with van der Waals surface area (Å²) in [5.74, 6) is -5.99.